The van der Waals surface area contributed by atoms with Crippen molar-refractivity contribution in [3.05, 3.63) is 30.7 Å². The second-order valence-corrected chi connectivity index (χ2v) is 16.5. The zero-order chi connectivity index (χ0) is 41.9. The van der Waals surface area contributed by atoms with Crippen molar-refractivity contribution in [2.75, 3.05) is 46.9 Å². The standard InChI is InChI=1S/C31H58O2.C11H21NO2.C7H13NO/c1-5-8-10-12-15-19-23-30(24-20-16-13-11-9-6-2)26-27-31(32)25-21-17-14-18-22-28-33-29(4)7-3;13-11(14)7-3-1-4-8-12-9-5-2-6-10-12;1-4-7(9)5-6-8(2)3/h30H,3,5-6,8-28H2,1-2,4H3;1-10H2,(H,13,14);4H,1,5-6H2,2-3H3. The number of unbranched alkanes of at least 4 members (excludes halogenated alkanes) is 16. The van der Waals surface area contributed by atoms with Gasteiger partial charge in [0, 0.05) is 39.2 Å². The smallest absolute Gasteiger partial charge is 0.303 e. The number of likely N-dealkylation sites (tertiary alicyclic amines) is 1. The van der Waals surface area contributed by atoms with E-state index in [1.807, 2.05) is 25.9 Å². The Labute approximate surface area is 347 Å². The Kier molecular flexibility index (Phi) is 43.8. The molecule has 0 radical (unpaired) electrons. The molecule has 0 saturated carbocycles. The number of carboxylic acids is 1. The predicted molar refractivity (Wildman–Crippen MR) is 240 cm³/mol. The normalized spacial score (nSPS) is 12.6. The van der Waals surface area contributed by atoms with Gasteiger partial charge in [0.15, 0.2) is 5.78 Å². The van der Waals surface area contributed by atoms with Gasteiger partial charge in [-0.15, -0.1) is 0 Å². The Balaban J connectivity index is 0. The van der Waals surface area contributed by atoms with Crippen LogP contribution in [0.4, 0.5) is 0 Å². The van der Waals surface area contributed by atoms with Gasteiger partial charge in [-0.3, -0.25) is 14.4 Å². The Morgan fingerprint density at radius 3 is 1.75 bits per heavy atom. The molecule has 0 spiro atoms. The van der Waals surface area contributed by atoms with Crippen molar-refractivity contribution >= 4 is 17.5 Å². The Bertz CT molecular complexity index is 952. The van der Waals surface area contributed by atoms with Crippen LogP contribution in [0.1, 0.15) is 213 Å². The molecule has 0 atom stereocenters. The molecule has 0 bridgehead atoms. The fraction of sp³-hybridized carbons (Fsp3) is 0.837. The van der Waals surface area contributed by atoms with Crippen LogP contribution < -0.4 is 0 Å². The molecule has 1 aliphatic rings. The van der Waals surface area contributed by atoms with Crippen molar-refractivity contribution in [1.82, 2.24) is 9.80 Å². The minimum atomic E-state index is -0.664. The van der Waals surface area contributed by atoms with E-state index in [4.69, 9.17) is 9.84 Å². The number of rotatable bonds is 36. The first-order chi connectivity index (χ1) is 27.1. The molecular weight excluding hydrogens is 697 g/mol. The number of nitrogens with zero attached hydrogens (tertiary/aromatic N) is 2. The molecule has 1 fully saturated rings. The third kappa shape index (κ3) is 44.5. The van der Waals surface area contributed by atoms with Crippen LogP contribution in [0.3, 0.4) is 0 Å². The maximum absolute atomic E-state index is 12.5. The lowest BCUT2D eigenvalue weighted by atomic mass is 9.89. The molecule has 1 heterocycles. The minimum absolute atomic E-state index is 0.115. The second-order valence-electron chi connectivity index (χ2n) is 16.5. The van der Waals surface area contributed by atoms with Gasteiger partial charge in [-0.25, -0.2) is 0 Å². The van der Waals surface area contributed by atoms with Crippen LogP contribution in [0.25, 0.3) is 0 Å². The SMILES string of the molecule is C=C=C(C)OCCCCCCCC(=O)CCC(CCCCCCCC)CCCCCCCC.C=CC(=O)CCN(C)C.O=C(O)CCCCCN1CCCCC1. The van der Waals surface area contributed by atoms with Crippen LogP contribution in [-0.2, 0) is 19.1 Å². The quantitative estimate of drug-likeness (QED) is 0.0293. The van der Waals surface area contributed by atoms with Gasteiger partial charge in [0.1, 0.15) is 11.5 Å². The topological polar surface area (TPSA) is 87.2 Å². The van der Waals surface area contributed by atoms with Crippen molar-refractivity contribution in [2.24, 2.45) is 5.92 Å². The number of Topliss-reactive ketones (excluding diaryl/α,β-unsaturated/α-hetero) is 1. The molecule has 0 aromatic rings. The van der Waals surface area contributed by atoms with Gasteiger partial charge in [0.2, 0.25) is 0 Å². The van der Waals surface area contributed by atoms with E-state index >= 15 is 0 Å². The van der Waals surface area contributed by atoms with E-state index in [9.17, 15) is 14.4 Å². The molecule has 328 valence electrons. The Morgan fingerprint density at radius 2 is 1.21 bits per heavy atom. The number of piperidine rings is 1. The van der Waals surface area contributed by atoms with Crippen molar-refractivity contribution in [3.63, 3.8) is 0 Å². The average Bonchev–Trinajstić information content (AvgIpc) is 3.19. The summed E-state index contributed by atoms with van der Waals surface area (Å²) in [5, 5.41) is 8.45. The first-order valence-corrected chi connectivity index (χ1v) is 23.3. The van der Waals surface area contributed by atoms with Crippen molar-refractivity contribution in [3.8, 4) is 0 Å². The van der Waals surface area contributed by atoms with Gasteiger partial charge in [-0.2, -0.15) is 0 Å². The molecule has 56 heavy (non-hydrogen) atoms. The second kappa shape index (κ2) is 43.9. The van der Waals surface area contributed by atoms with Crippen LogP contribution >= 0.6 is 0 Å². The molecule has 0 aromatic heterocycles. The van der Waals surface area contributed by atoms with E-state index in [0.29, 0.717) is 18.6 Å². The van der Waals surface area contributed by atoms with Gasteiger partial charge in [-0.1, -0.05) is 155 Å². The average molecular weight is 789 g/mol. The summed E-state index contributed by atoms with van der Waals surface area (Å²) < 4.78 is 5.48. The predicted octanol–water partition coefficient (Wildman–Crippen LogP) is 13.3. The van der Waals surface area contributed by atoms with Crippen molar-refractivity contribution < 1.29 is 24.2 Å². The largest absolute Gasteiger partial charge is 0.490 e. The lowest BCUT2D eigenvalue weighted by molar-refractivity contribution is -0.137. The Morgan fingerprint density at radius 1 is 0.696 bits per heavy atom. The van der Waals surface area contributed by atoms with E-state index in [0.717, 1.165) is 76.2 Å². The summed E-state index contributed by atoms with van der Waals surface area (Å²) in [6, 6.07) is 0. The molecule has 1 rings (SSSR count). The number of allylic oxidation sites excluding steroid dienone is 2. The lowest BCUT2D eigenvalue weighted by Gasteiger charge is -2.26. The monoisotopic (exact) mass is 789 g/mol. The van der Waals surface area contributed by atoms with Crippen LogP contribution in [0, 0.1) is 5.92 Å². The number of carbonyl (C=O) groups excluding carboxylic acids is 2. The number of carbonyl (C=O) groups is 3. The Hall–Kier alpha value is -2.21. The maximum Gasteiger partial charge on any atom is 0.303 e. The van der Waals surface area contributed by atoms with Gasteiger partial charge < -0.3 is 19.6 Å². The molecule has 0 aromatic carbocycles. The van der Waals surface area contributed by atoms with Gasteiger partial charge in [0.05, 0.1) is 6.61 Å². The van der Waals surface area contributed by atoms with Crippen LogP contribution in [-0.4, -0.2) is 79.3 Å². The molecule has 1 saturated heterocycles. The highest BCUT2D eigenvalue weighted by molar-refractivity contribution is 5.89. The van der Waals surface area contributed by atoms with E-state index in [1.54, 1.807) is 0 Å². The van der Waals surface area contributed by atoms with Gasteiger partial charge in [0.25, 0.3) is 0 Å². The van der Waals surface area contributed by atoms with Crippen molar-refractivity contribution in [1.29, 1.82) is 0 Å². The van der Waals surface area contributed by atoms with Crippen molar-refractivity contribution in [2.45, 2.75) is 213 Å². The third-order valence-corrected chi connectivity index (χ3v) is 10.8. The highest BCUT2D eigenvalue weighted by Gasteiger charge is 2.12. The third-order valence-electron chi connectivity index (χ3n) is 10.8. The lowest BCUT2D eigenvalue weighted by Crippen LogP contribution is -2.30. The molecule has 0 aliphatic carbocycles. The van der Waals surface area contributed by atoms with E-state index in [-0.39, 0.29) is 5.78 Å². The number of aliphatic carboxylic acids is 1. The number of ether oxygens (including phenoxy) is 1. The zero-order valence-corrected chi connectivity index (χ0v) is 37.8. The maximum atomic E-state index is 12.5. The van der Waals surface area contributed by atoms with Crippen LogP contribution in [0.15, 0.2) is 30.7 Å². The summed E-state index contributed by atoms with van der Waals surface area (Å²) in [6.45, 7) is 18.6. The first-order valence-electron chi connectivity index (χ1n) is 23.3. The molecule has 7 nitrogen and oxygen atoms in total. The summed E-state index contributed by atoms with van der Waals surface area (Å²) in [6.07, 6.45) is 37.0. The number of hydrogen-bond donors (Lipinski definition) is 1. The fourth-order valence-corrected chi connectivity index (χ4v) is 6.99. The molecular formula is C49H92N2O5. The number of carboxylic acid groups (broad SMARTS) is 1. The summed E-state index contributed by atoms with van der Waals surface area (Å²) in [5.41, 5.74) is 2.76. The molecule has 7 heteroatoms. The van der Waals surface area contributed by atoms with Crippen LogP contribution in [0.2, 0.25) is 0 Å². The number of ketones is 2. The molecule has 1 N–H and O–H groups in total. The molecule has 1 aliphatic heterocycles. The zero-order valence-electron chi connectivity index (χ0n) is 37.8. The summed E-state index contributed by atoms with van der Waals surface area (Å²) in [7, 11) is 3.88. The first kappa shape index (κ1) is 55.9. The van der Waals surface area contributed by atoms with E-state index in [1.165, 1.54) is 154 Å². The number of hydrogen-bond acceptors (Lipinski definition) is 6. The highest BCUT2D eigenvalue weighted by atomic mass is 16.5. The summed E-state index contributed by atoms with van der Waals surface area (Å²) in [4.78, 5) is 37.8. The minimum Gasteiger partial charge on any atom is -0.490 e. The molecule has 0 amide bonds. The summed E-state index contributed by atoms with van der Waals surface area (Å²) in [5.74, 6) is 1.51. The molecule has 0 unspecified atom stereocenters. The van der Waals surface area contributed by atoms with Crippen LogP contribution in [0.5, 0.6) is 0 Å². The van der Waals surface area contributed by atoms with E-state index in [2.05, 4.69) is 37.6 Å². The van der Waals surface area contributed by atoms with Gasteiger partial charge in [-0.05, 0) is 90.7 Å². The highest BCUT2D eigenvalue weighted by Crippen LogP contribution is 2.24. The van der Waals surface area contributed by atoms with E-state index < -0.39 is 5.97 Å². The van der Waals surface area contributed by atoms with Gasteiger partial charge >= 0.3 is 5.97 Å². The summed E-state index contributed by atoms with van der Waals surface area (Å²) >= 11 is 0. The fourth-order valence-electron chi connectivity index (χ4n) is 6.99.